The molecule has 0 radical (unpaired) electrons. The summed E-state index contributed by atoms with van der Waals surface area (Å²) in [5, 5.41) is 40.5. The zero-order valence-electron chi connectivity index (χ0n) is 15.1. The van der Waals surface area contributed by atoms with Gasteiger partial charge in [0, 0.05) is 25.7 Å². The van der Waals surface area contributed by atoms with E-state index < -0.39 is 29.4 Å². The van der Waals surface area contributed by atoms with E-state index in [1.165, 1.54) is 23.1 Å². The fraction of sp³-hybridized carbons (Fsp3) is 0.353. The molecule has 0 saturated carbocycles. The highest BCUT2D eigenvalue weighted by Crippen LogP contribution is 2.32. The molecule has 0 aliphatic rings. The van der Waals surface area contributed by atoms with Crippen LogP contribution in [0, 0.1) is 11.3 Å². The number of nitrogens with zero attached hydrogens (tertiary/aromatic N) is 2. The number of benzene rings is 1. The Morgan fingerprint density at radius 1 is 1.44 bits per heavy atom. The van der Waals surface area contributed by atoms with Gasteiger partial charge in [0.15, 0.2) is 5.75 Å². The molecule has 0 fully saturated rings. The molecule has 10 nitrogen and oxygen atoms in total. The van der Waals surface area contributed by atoms with Gasteiger partial charge < -0.3 is 26.2 Å². The molecule has 1 aromatic carbocycles. The third-order valence-corrected chi connectivity index (χ3v) is 3.87. The van der Waals surface area contributed by atoms with Crippen LogP contribution in [0.15, 0.2) is 17.7 Å². The second kappa shape index (κ2) is 10.1. The van der Waals surface area contributed by atoms with Crippen LogP contribution in [0.4, 0.5) is 5.69 Å². The first-order chi connectivity index (χ1) is 12.7. The highest BCUT2D eigenvalue weighted by molar-refractivity contribution is 6.01. The number of nitrogens with two attached hydrogens (primary N) is 2. The number of aromatic hydroxyl groups is 2. The van der Waals surface area contributed by atoms with E-state index in [0.717, 1.165) is 0 Å². The summed E-state index contributed by atoms with van der Waals surface area (Å²) in [4.78, 5) is 25.0. The molecule has 0 saturated heterocycles. The van der Waals surface area contributed by atoms with Crippen LogP contribution in [0.1, 0.15) is 19.4 Å². The second-order valence-electron chi connectivity index (χ2n) is 5.74. The predicted octanol–water partition coefficient (Wildman–Crippen LogP) is -1.10. The minimum absolute atomic E-state index is 0.0528. The van der Waals surface area contributed by atoms with E-state index in [4.69, 9.17) is 10.9 Å². The standard InChI is InChI=1S/C17H23N5O5/c1-3-22(5-4-20-10(2)16(19)25)17(26)12(9-18)6-11-7-13(21-27)15(24)14(23)8-11/h6-8,10,20-21,23-24,27H,3-5H2,1-2H3,(H2,19,25)/p+1/b12-6+. The lowest BCUT2D eigenvalue weighted by atomic mass is 10.1. The molecule has 2 amide bonds. The third kappa shape index (κ3) is 5.96. The van der Waals surface area contributed by atoms with Crippen molar-refractivity contribution in [1.29, 1.82) is 5.26 Å². The SMILES string of the molecule is CCN(CCNC(C)C(N)=O)C(=O)/C(C#N)=C/c1cc(O)c(O)c([NH2+]O)c1. The largest absolute Gasteiger partial charge is 0.504 e. The summed E-state index contributed by atoms with van der Waals surface area (Å²) in [5.74, 6) is -2.05. The van der Waals surface area contributed by atoms with Crippen molar-refractivity contribution in [3.63, 3.8) is 0 Å². The molecule has 0 bridgehead atoms. The van der Waals surface area contributed by atoms with Gasteiger partial charge in [0.25, 0.3) is 5.91 Å². The topological polar surface area (TPSA) is 177 Å². The van der Waals surface area contributed by atoms with Crippen molar-refractivity contribution in [2.24, 2.45) is 5.73 Å². The fourth-order valence-corrected chi connectivity index (χ4v) is 2.24. The molecule has 0 heterocycles. The molecule has 1 aromatic rings. The number of carbonyl (C=O) groups excluding carboxylic acids is 2. The average Bonchev–Trinajstić information content (AvgIpc) is 2.64. The second-order valence-corrected chi connectivity index (χ2v) is 5.74. The normalized spacial score (nSPS) is 12.3. The number of phenolic OH excluding ortho intramolecular Hbond substituents is 2. The van der Waals surface area contributed by atoms with Crippen molar-refractivity contribution < 1.29 is 30.5 Å². The Kier molecular flexibility index (Phi) is 8.22. The third-order valence-electron chi connectivity index (χ3n) is 3.87. The van der Waals surface area contributed by atoms with Crippen LogP contribution >= 0.6 is 0 Å². The highest BCUT2D eigenvalue weighted by Gasteiger charge is 2.19. The first kappa shape index (κ1) is 21.9. The molecular formula is C17H24N5O5+. The monoisotopic (exact) mass is 378 g/mol. The smallest absolute Gasteiger partial charge is 0.264 e. The van der Waals surface area contributed by atoms with Crippen LogP contribution in [0.2, 0.25) is 0 Å². The maximum absolute atomic E-state index is 12.6. The number of nitriles is 1. The van der Waals surface area contributed by atoms with Crippen LogP contribution in [0.5, 0.6) is 11.5 Å². The van der Waals surface area contributed by atoms with Gasteiger partial charge in [-0.15, -0.1) is 0 Å². The van der Waals surface area contributed by atoms with Gasteiger partial charge in [0.05, 0.1) is 6.04 Å². The molecule has 146 valence electrons. The Morgan fingerprint density at radius 2 is 2.11 bits per heavy atom. The van der Waals surface area contributed by atoms with E-state index in [-0.39, 0.29) is 23.4 Å². The van der Waals surface area contributed by atoms with Crippen LogP contribution in [-0.2, 0) is 9.59 Å². The number of rotatable bonds is 9. The number of likely N-dealkylation sites (N-methyl/N-ethyl adjacent to an activating group) is 1. The van der Waals surface area contributed by atoms with Gasteiger partial charge in [0.1, 0.15) is 11.6 Å². The number of carbonyl (C=O) groups is 2. The number of phenols is 2. The van der Waals surface area contributed by atoms with E-state index in [0.29, 0.717) is 18.6 Å². The Bertz CT molecular complexity index is 772. The summed E-state index contributed by atoms with van der Waals surface area (Å²) in [5.41, 5.74) is 5.77. The number of hydrogen-bond acceptors (Lipinski definition) is 7. The van der Waals surface area contributed by atoms with Gasteiger partial charge in [-0.3, -0.25) is 9.59 Å². The van der Waals surface area contributed by atoms with Gasteiger partial charge >= 0.3 is 0 Å². The Morgan fingerprint density at radius 3 is 2.63 bits per heavy atom. The van der Waals surface area contributed by atoms with Gasteiger partial charge in [-0.1, -0.05) is 0 Å². The van der Waals surface area contributed by atoms with Gasteiger partial charge in [0.2, 0.25) is 17.3 Å². The molecule has 1 unspecified atom stereocenters. The first-order valence-electron chi connectivity index (χ1n) is 8.22. The van der Waals surface area contributed by atoms with E-state index in [9.17, 15) is 25.1 Å². The van der Waals surface area contributed by atoms with Crippen molar-refractivity contribution in [3.05, 3.63) is 23.3 Å². The Balaban J connectivity index is 2.97. The minimum atomic E-state index is -0.544. The molecule has 0 aliphatic carbocycles. The average molecular weight is 378 g/mol. The predicted molar refractivity (Wildman–Crippen MR) is 95.6 cm³/mol. The molecule has 27 heavy (non-hydrogen) atoms. The summed E-state index contributed by atoms with van der Waals surface area (Å²) in [6, 6.07) is 3.75. The molecule has 8 N–H and O–H groups in total. The maximum atomic E-state index is 12.6. The van der Waals surface area contributed by atoms with Crippen molar-refractivity contribution in [2.45, 2.75) is 19.9 Å². The number of hydrogen-bond donors (Lipinski definition) is 6. The summed E-state index contributed by atoms with van der Waals surface area (Å²) in [6.07, 6.45) is 1.25. The molecule has 10 heteroatoms. The van der Waals surface area contributed by atoms with Crippen LogP contribution in [0.25, 0.3) is 6.08 Å². The summed E-state index contributed by atoms with van der Waals surface area (Å²) in [7, 11) is 0. The van der Waals surface area contributed by atoms with Crippen LogP contribution in [-0.4, -0.2) is 57.8 Å². The van der Waals surface area contributed by atoms with E-state index in [1.807, 2.05) is 6.07 Å². The quantitative estimate of drug-likeness (QED) is 0.104. The lowest BCUT2D eigenvalue weighted by Crippen LogP contribution is -2.73. The summed E-state index contributed by atoms with van der Waals surface area (Å²) >= 11 is 0. The van der Waals surface area contributed by atoms with Crippen molar-refractivity contribution in [1.82, 2.24) is 10.2 Å². The molecule has 1 rings (SSSR count). The lowest BCUT2D eigenvalue weighted by molar-refractivity contribution is -0.826. The number of primary amides is 1. The Hall–Kier alpha value is -3.13. The number of amides is 2. The minimum Gasteiger partial charge on any atom is -0.504 e. The molecular weight excluding hydrogens is 354 g/mol. The number of quaternary nitrogens is 1. The van der Waals surface area contributed by atoms with Gasteiger partial charge in [-0.05, 0) is 31.6 Å². The van der Waals surface area contributed by atoms with Crippen LogP contribution in [0.3, 0.4) is 0 Å². The molecule has 0 spiro atoms. The van der Waals surface area contributed by atoms with Crippen LogP contribution < -0.4 is 16.5 Å². The highest BCUT2D eigenvalue weighted by atomic mass is 16.5. The van der Waals surface area contributed by atoms with Crippen molar-refractivity contribution in [2.75, 3.05) is 19.6 Å². The summed E-state index contributed by atoms with van der Waals surface area (Å²) in [6.45, 7) is 4.25. The van der Waals surface area contributed by atoms with Gasteiger partial charge in [-0.2, -0.15) is 10.7 Å². The van der Waals surface area contributed by atoms with Gasteiger partial charge in [-0.25, -0.2) is 5.21 Å². The van der Waals surface area contributed by atoms with Crippen molar-refractivity contribution in [3.8, 4) is 17.6 Å². The van der Waals surface area contributed by atoms with E-state index >= 15 is 0 Å². The van der Waals surface area contributed by atoms with E-state index in [2.05, 4.69) is 5.32 Å². The van der Waals surface area contributed by atoms with E-state index in [1.54, 1.807) is 13.8 Å². The molecule has 0 aliphatic heterocycles. The maximum Gasteiger partial charge on any atom is 0.264 e. The first-order valence-corrected chi connectivity index (χ1v) is 8.22. The zero-order chi connectivity index (χ0) is 20.6. The molecule has 1 atom stereocenters. The zero-order valence-corrected chi connectivity index (χ0v) is 15.1. The molecule has 0 aromatic heterocycles. The lowest BCUT2D eigenvalue weighted by Gasteiger charge is -2.21. The fourth-order valence-electron chi connectivity index (χ4n) is 2.24. The summed E-state index contributed by atoms with van der Waals surface area (Å²) < 4.78 is 0. The Labute approximate surface area is 156 Å². The number of nitrogens with one attached hydrogen (secondary N) is 1. The van der Waals surface area contributed by atoms with Crippen molar-refractivity contribution >= 4 is 23.6 Å².